The molecular formula is C42H36N2O4. The Kier molecular flexibility index (Phi) is 8.32. The SMILES string of the molecule is CCN1C(=O)c2ccc(Cc3ccc(Cc4ccc(Cc5ccc(Cc6ccc7c(c6)C(=O)N(CC)C7=O)cc5)cc4)cc3)cc2C1=O. The van der Waals surface area contributed by atoms with Crippen LogP contribution >= 0.6 is 0 Å². The molecule has 2 aliphatic rings. The van der Waals surface area contributed by atoms with Gasteiger partial charge in [0, 0.05) is 13.1 Å². The zero-order valence-corrected chi connectivity index (χ0v) is 27.2. The number of carbonyl (C=O) groups is 4. The number of imide groups is 2. The lowest BCUT2D eigenvalue weighted by Crippen LogP contribution is -2.29. The maximum atomic E-state index is 12.6. The minimum Gasteiger partial charge on any atom is -0.275 e. The lowest BCUT2D eigenvalue weighted by molar-refractivity contribution is 0.0647. The molecule has 0 fully saturated rings. The van der Waals surface area contributed by atoms with E-state index in [4.69, 9.17) is 0 Å². The van der Waals surface area contributed by atoms with Gasteiger partial charge >= 0.3 is 0 Å². The summed E-state index contributed by atoms with van der Waals surface area (Å²) in [5, 5.41) is 0. The Morgan fingerprint density at radius 3 is 0.833 bits per heavy atom. The molecule has 0 aliphatic carbocycles. The van der Waals surface area contributed by atoms with Gasteiger partial charge in [0.25, 0.3) is 23.6 Å². The first kappa shape index (κ1) is 31.0. The molecule has 238 valence electrons. The second-order valence-electron chi connectivity index (χ2n) is 12.6. The third-order valence-electron chi connectivity index (χ3n) is 9.40. The van der Waals surface area contributed by atoms with Gasteiger partial charge < -0.3 is 0 Å². The Labute approximate surface area is 280 Å². The number of hydrogen-bond donors (Lipinski definition) is 0. The molecule has 5 aromatic carbocycles. The summed E-state index contributed by atoms with van der Waals surface area (Å²) in [4.78, 5) is 52.6. The highest BCUT2D eigenvalue weighted by atomic mass is 16.2. The summed E-state index contributed by atoms with van der Waals surface area (Å²) in [6.45, 7) is 4.40. The Morgan fingerprint density at radius 2 is 0.562 bits per heavy atom. The van der Waals surface area contributed by atoms with E-state index in [1.54, 1.807) is 12.1 Å². The lowest BCUT2D eigenvalue weighted by atomic mass is 9.96. The van der Waals surface area contributed by atoms with Gasteiger partial charge in [-0.05, 0) is 108 Å². The largest absolute Gasteiger partial charge is 0.275 e. The topological polar surface area (TPSA) is 74.8 Å². The Hall–Kier alpha value is -5.62. The van der Waals surface area contributed by atoms with Crippen LogP contribution in [0.15, 0.2) is 109 Å². The minimum absolute atomic E-state index is 0.203. The zero-order chi connectivity index (χ0) is 33.4. The van der Waals surface area contributed by atoms with E-state index in [1.807, 2.05) is 38.1 Å². The minimum atomic E-state index is -0.205. The molecule has 2 heterocycles. The fraction of sp³-hybridized carbons (Fsp3) is 0.190. The van der Waals surface area contributed by atoms with E-state index in [0.29, 0.717) is 48.2 Å². The molecule has 6 nitrogen and oxygen atoms in total. The number of hydrogen-bond acceptors (Lipinski definition) is 4. The van der Waals surface area contributed by atoms with Crippen LogP contribution in [0.2, 0.25) is 0 Å². The maximum Gasteiger partial charge on any atom is 0.261 e. The molecule has 0 spiro atoms. The normalized spacial score (nSPS) is 13.8. The third-order valence-corrected chi connectivity index (χ3v) is 9.40. The smallest absolute Gasteiger partial charge is 0.261 e. The Morgan fingerprint density at radius 1 is 0.333 bits per heavy atom. The van der Waals surface area contributed by atoms with Crippen molar-refractivity contribution in [2.75, 3.05) is 13.1 Å². The molecule has 0 radical (unpaired) electrons. The molecule has 5 aromatic rings. The van der Waals surface area contributed by atoms with Gasteiger partial charge in [-0.3, -0.25) is 29.0 Å². The molecule has 7 rings (SSSR count). The number of benzene rings is 5. The van der Waals surface area contributed by atoms with Crippen molar-refractivity contribution >= 4 is 23.6 Å². The van der Waals surface area contributed by atoms with E-state index in [2.05, 4.69) is 72.8 Å². The number of nitrogens with zero attached hydrogens (tertiary/aromatic N) is 2. The van der Waals surface area contributed by atoms with Crippen LogP contribution in [-0.4, -0.2) is 46.5 Å². The number of carbonyl (C=O) groups excluding carboxylic acids is 4. The summed E-state index contributed by atoms with van der Waals surface area (Å²) in [7, 11) is 0. The summed E-state index contributed by atoms with van der Waals surface area (Å²) in [5.74, 6) is -0.817. The van der Waals surface area contributed by atoms with Crippen molar-refractivity contribution in [1.82, 2.24) is 9.80 Å². The van der Waals surface area contributed by atoms with Crippen LogP contribution < -0.4 is 0 Å². The quantitative estimate of drug-likeness (QED) is 0.152. The van der Waals surface area contributed by atoms with Crippen LogP contribution in [0.1, 0.15) is 99.8 Å². The molecule has 0 saturated heterocycles. The molecule has 0 N–H and O–H groups in total. The lowest BCUT2D eigenvalue weighted by Gasteiger charge is -2.09. The predicted molar refractivity (Wildman–Crippen MR) is 186 cm³/mol. The van der Waals surface area contributed by atoms with Crippen LogP contribution in [0.3, 0.4) is 0 Å². The molecule has 0 atom stereocenters. The number of fused-ring (bicyclic) bond motifs is 2. The van der Waals surface area contributed by atoms with E-state index in [-0.39, 0.29) is 23.6 Å². The van der Waals surface area contributed by atoms with Crippen molar-refractivity contribution in [1.29, 1.82) is 0 Å². The van der Waals surface area contributed by atoms with E-state index >= 15 is 0 Å². The highest BCUT2D eigenvalue weighted by molar-refractivity contribution is 6.22. The molecule has 4 amide bonds. The standard InChI is InChI=1S/C42H36N2O4/c1-3-43-39(45)35-19-17-33(25-37(35)41(43)47)23-31-13-9-29(10-14-31)21-27-5-7-28(8-6-27)22-30-11-15-32(16-12-30)24-34-18-20-36-38(26-34)42(48)44(4-2)40(36)46/h5-20,25-26H,3-4,21-24H2,1-2H3. The summed E-state index contributed by atoms with van der Waals surface area (Å²) >= 11 is 0. The first-order valence-corrected chi connectivity index (χ1v) is 16.5. The highest BCUT2D eigenvalue weighted by Gasteiger charge is 2.35. The second kappa shape index (κ2) is 12.9. The first-order chi connectivity index (χ1) is 23.3. The number of amides is 4. The fourth-order valence-corrected chi connectivity index (χ4v) is 6.74. The molecule has 48 heavy (non-hydrogen) atoms. The van der Waals surface area contributed by atoms with Crippen LogP contribution in [-0.2, 0) is 25.7 Å². The molecule has 0 bridgehead atoms. The summed E-state index contributed by atoms with van der Waals surface area (Å²) in [6.07, 6.45) is 3.09. The van der Waals surface area contributed by atoms with Crippen LogP contribution in [0.25, 0.3) is 0 Å². The van der Waals surface area contributed by atoms with Crippen molar-refractivity contribution in [3.63, 3.8) is 0 Å². The predicted octanol–water partition coefficient (Wildman–Crippen LogP) is 7.28. The van der Waals surface area contributed by atoms with Gasteiger partial charge in [-0.15, -0.1) is 0 Å². The second-order valence-corrected chi connectivity index (χ2v) is 12.6. The summed E-state index contributed by atoms with van der Waals surface area (Å²) in [6, 6.07) is 37.1. The average molecular weight is 633 g/mol. The highest BCUT2D eigenvalue weighted by Crippen LogP contribution is 2.27. The van der Waals surface area contributed by atoms with Gasteiger partial charge in [0.1, 0.15) is 0 Å². The van der Waals surface area contributed by atoms with Gasteiger partial charge in [0.2, 0.25) is 0 Å². The van der Waals surface area contributed by atoms with Gasteiger partial charge in [-0.25, -0.2) is 0 Å². The molecular weight excluding hydrogens is 596 g/mol. The third kappa shape index (κ3) is 5.97. The molecule has 2 aliphatic heterocycles. The van der Waals surface area contributed by atoms with Crippen LogP contribution in [0.4, 0.5) is 0 Å². The van der Waals surface area contributed by atoms with Crippen LogP contribution in [0.5, 0.6) is 0 Å². The van der Waals surface area contributed by atoms with Gasteiger partial charge in [0.05, 0.1) is 22.3 Å². The maximum absolute atomic E-state index is 12.6. The summed E-state index contributed by atoms with van der Waals surface area (Å²) in [5.41, 5.74) is 11.3. The van der Waals surface area contributed by atoms with Crippen molar-refractivity contribution < 1.29 is 19.2 Å². The Balaban J connectivity index is 0.929. The first-order valence-electron chi connectivity index (χ1n) is 16.5. The molecule has 0 aromatic heterocycles. The van der Waals surface area contributed by atoms with Gasteiger partial charge in [0.15, 0.2) is 0 Å². The number of rotatable bonds is 10. The van der Waals surface area contributed by atoms with E-state index in [9.17, 15) is 19.2 Å². The molecule has 6 heteroatoms. The Bertz CT molecular complexity index is 1910. The van der Waals surface area contributed by atoms with E-state index in [0.717, 1.165) is 35.1 Å². The molecule has 0 unspecified atom stereocenters. The monoisotopic (exact) mass is 632 g/mol. The van der Waals surface area contributed by atoms with Crippen molar-refractivity contribution in [3.8, 4) is 0 Å². The van der Waals surface area contributed by atoms with Gasteiger partial charge in [-0.2, -0.15) is 0 Å². The summed E-state index contributed by atoms with van der Waals surface area (Å²) < 4.78 is 0. The zero-order valence-electron chi connectivity index (χ0n) is 27.2. The van der Waals surface area contributed by atoms with Crippen molar-refractivity contribution in [3.05, 3.63) is 176 Å². The van der Waals surface area contributed by atoms with Crippen molar-refractivity contribution in [2.24, 2.45) is 0 Å². The van der Waals surface area contributed by atoms with Crippen LogP contribution in [0, 0.1) is 0 Å². The fourth-order valence-electron chi connectivity index (χ4n) is 6.74. The van der Waals surface area contributed by atoms with Crippen molar-refractivity contribution in [2.45, 2.75) is 39.5 Å². The van der Waals surface area contributed by atoms with E-state index < -0.39 is 0 Å². The molecule has 0 saturated carbocycles. The van der Waals surface area contributed by atoms with Gasteiger partial charge in [-0.1, -0.05) is 84.9 Å². The van der Waals surface area contributed by atoms with E-state index in [1.165, 1.54) is 32.1 Å². The average Bonchev–Trinajstić information content (AvgIpc) is 3.49.